The number of carbonyl (C=O) groups excluding carboxylic acids is 1. The van der Waals surface area contributed by atoms with Crippen LogP contribution in [0.15, 0.2) is 24.3 Å². The SMILES string of the molecule is Cl.O=C(CCc1cc2n(n1)CCCNC2)NCc1ccc(F)c(F)c1. The number of rotatable bonds is 5. The Morgan fingerprint density at radius 2 is 2.12 bits per heavy atom. The van der Waals surface area contributed by atoms with Gasteiger partial charge < -0.3 is 10.6 Å². The van der Waals surface area contributed by atoms with Crippen molar-refractivity contribution in [3.8, 4) is 0 Å². The van der Waals surface area contributed by atoms with Crippen LogP contribution in [0.1, 0.15) is 29.8 Å². The average Bonchev–Trinajstić information content (AvgIpc) is 2.83. The van der Waals surface area contributed by atoms with E-state index >= 15 is 0 Å². The molecule has 1 aliphatic heterocycles. The molecule has 1 aromatic carbocycles. The van der Waals surface area contributed by atoms with Gasteiger partial charge in [0.1, 0.15) is 0 Å². The lowest BCUT2D eigenvalue weighted by molar-refractivity contribution is -0.121. The number of nitrogens with one attached hydrogen (secondary N) is 2. The van der Waals surface area contributed by atoms with Crippen LogP contribution in [0.4, 0.5) is 8.78 Å². The van der Waals surface area contributed by atoms with E-state index in [9.17, 15) is 13.6 Å². The first kappa shape index (κ1) is 19.3. The van der Waals surface area contributed by atoms with Gasteiger partial charge in [-0.1, -0.05) is 6.07 Å². The third-order valence-corrected chi connectivity index (χ3v) is 4.03. The van der Waals surface area contributed by atoms with Gasteiger partial charge in [-0.15, -0.1) is 12.4 Å². The Hall–Kier alpha value is -1.99. The van der Waals surface area contributed by atoms with Crippen LogP contribution in [0.3, 0.4) is 0 Å². The molecule has 0 saturated carbocycles. The van der Waals surface area contributed by atoms with Crippen molar-refractivity contribution in [2.45, 2.75) is 38.9 Å². The van der Waals surface area contributed by atoms with Crippen molar-refractivity contribution in [2.75, 3.05) is 6.54 Å². The van der Waals surface area contributed by atoms with Gasteiger partial charge in [-0.05, 0) is 36.7 Å². The first-order valence-corrected chi connectivity index (χ1v) is 8.09. The predicted octanol–water partition coefficient (Wildman–Crippen LogP) is 2.33. The topological polar surface area (TPSA) is 59.0 Å². The third-order valence-electron chi connectivity index (χ3n) is 4.03. The number of amides is 1. The molecular weight excluding hydrogens is 350 g/mol. The molecule has 2 heterocycles. The Morgan fingerprint density at radius 1 is 1.28 bits per heavy atom. The summed E-state index contributed by atoms with van der Waals surface area (Å²) in [5, 5.41) is 10.6. The second-order valence-electron chi connectivity index (χ2n) is 5.91. The van der Waals surface area contributed by atoms with Crippen molar-refractivity contribution in [1.82, 2.24) is 20.4 Å². The standard InChI is InChI=1S/C17H20F2N4O.ClH/c18-15-4-2-12(8-16(15)19)10-21-17(24)5-3-13-9-14-11-20-6-1-7-23(14)22-13;/h2,4,8-9,20H,1,3,5-7,10-11H2,(H,21,24);1H. The smallest absolute Gasteiger partial charge is 0.220 e. The van der Waals surface area contributed by atoms with Gasteiger partial charge in [0.2, 0.25) is 5.91 Å². The maximum Gasteiger partial charge on any atom is 0.220 e. The molecule has 0 saturated heterocycles. The van der Waals surface area contributed by atoms with Gasteiger partial charge in [-0.3, -0.25) is 9.48 Å². The predicted molar refractivity (Wildman–Crippen MR) is 92.3 cm³/mol. The Bertz CT molecular complexity index is 712. The average molecular weight is 371 g/mol. The summed E-state index contributed by atoms with van der Waals surface area (Å²) in [4.78, 5) is 11.9. The Balaban J connectivity index is 0.00000225. The second kappa shape index (κ2) is 8.92. The van der Waals surface area contributed by atoms with Crippen LogP contribution >= 0.6 is 12.4 Å². The molecule has 1 aromatic heterocycles. The number of hydrogen-bond donors (Lipinski definition) is 2. The zero-order chi connectivity index (χ0) is 16.9. The Labute approximate surface area is 151 Å². The van der Waals surface area contributed by atoms with E-state index in [0.717, 1.165) is 49.6 Å². The van der Waals surface area contributed by atoms with Gasteiger partial charge in [0.15, 0.2) is 11.6 Å². The van der Waals surface area contributed by atoms with Crippen LogP contribution in [-0.2, 0) is 30.8 Å². The molecule has 0 aliphatic carbocycles. The number of aromatic nitrogens is 2. The fraction of sp³-hybridized carbons (Fsp3) is 0.412. The fourth-order valence-corrected chi connectivity index (χ4v) is 2.72. The van der Waals surface area contributed by atoms with E-state index in [4.69, 9.17) is 0 Å². The zero-order valence-electron chi connectivity index (χ0n) is 13.7. The van der Waals surface area contributed by atoms with Gasteiger partial charge in [0, 0.05) is 32.5 Å². The molecule has 0 unspecified atom stereocenters. The van der Waals surface area contributed by atoms with Crippen molar-refractivity contribution >= 4 is 18.3 Å². The molecule has 1 aliphatic rings. The molecule has 5 nitrogen and oxygen atoms in total. The second-order valence-corrected chi connectivity index (χ2v) is 5.91. The van der Waals surface area contributed by atoms with Crippen molar-refractivity contribution in [1.29, 1.82) is 0 Å². The number of aryl methyl sites for hydroxylation is 2. The molecule has 2 aromatic rings. The van der Waals surface area contributed by atoms with Gasteiger partial charge >= 0.3 is 0 Å². The first-order chi connectivity index (χ1) is 11.6. The summed E-state index contributed by atoms with van der Waals surface area (Å²) in [5.41, 5.74) is 2.57. The van der Waals surface area contributed by atoms with Gasteiger partial charge in [0.25, 0.3) is 0 Å². The highest BCUT2D eigenvalue weighted by Gasteiger charge is 2.12. The van der Waals surface area contributed by atoms with Gasteiger partial charge in [-0.2, -0.15) is 5.10 Å². The molecule has 0 fully saturated rings. The van der Waals surface area contributed by atoms with Crippen LogP contribution in [0, 0.1) is 11.6 Å². The van der Waals surface area contributed by atoms with Gasteiger partial charge in [0.05, 0.1) is 11.4 Å². The highest BCUT2D eigenvalue weighted by atomic mass is 35.5. The Morgan fingerprint density at radius 3 is 2.92 bits per heavy atom. The summed E-state index contributed by atoms with van der Waals surface area (Å²) < 4.78 is 28.0. The molecule has 0 atom stereocenters. The van der Waals surface area contributed by atoms with Crippen molar-refractivity contribution in [2.24, 2.45) is 0 Å². The quantitative estimate of drug-likeness (QED) is 0.849. The highest BCUT2D eigenvalue weighted by Crippen LogP contribution is 2.11. The van der Waals surface area contributed by atoms with E-state index in [2.05, 4.69) is 15.7 Å². The minimum atomic E-state index is -0.908. The number of halogens is 3. The minimum Gasteiger partial charge on any atom is -0.352 e. The van der Waals surface area contributed by atoms with Crippen LogP contribution in [0.25, 0.3) is 0 Å². The zero-order valence-corrected chi connectivity index (χ0v) is 14.5. The number of nitrogens with zero attached hydrogens (tertiary/aromatic N) is 2. The number of fused-ring (bicyclic) bond motifs is 1. The molecule has 1 amide bonds. The minimum absolute atomic E-state index is 0. The lowest BCUT2D eigenvalue weighted by Crippen LogP contribution is -2.23. The lowest BCUT2D eigenvalue weighted by Gasteiger charge is -2.05. The largest absolute Gasteiger partial charge is 0.352 e. The number of benzene rings is 1. The lowest BCUT2D eigenvalue weighted by atomic mass is 10.2. The molecular formula is C17H21ClF2N4O. The van der Waals surface area contributed by atoms with E-state index in [1.807, 2.05) is 10.7 Å². The molecule has 0 spiro atoms. The Kier molecular flexibility index (Phi) is 6.90. The summed E-state index contributed by atoms with van der Waals surface area (Å²) >= 11 is 0. The van der Waals surface area contributed by atoms with Crippen LogP contribution in [0.5, 0.6) is 0 Å². The molecule has 0 bridgehead atoms. The van der Waals surface area contributed by atoms with E-state index in [0.29, 0.717) is 18.4 Å². The van der Waals surface area contributed by atoms with E-state index < -0.39 is 11.6 Å². The molecule has 8 heteroatoms. The van der Waals surface area contributed by atoms with Crippen molar-refractivity contribution in [3.63, 3.8) is 0 Å². The van der Waals surface area contributed by atoms with Gasteiger partial charge in [-0.25, -0.2) is 8.78 Å². The molecule has 136 valence electrons. The maximum absolute atomic E-state index is 13.1. The normalized spacial score (nSPS) is 13.5. The highest BCUT2D eigenvalue weighted by molar-refractivity contribution is 5.85. The molecule has 3 rings (SSSR count). The summed E-state index contributed by atoms with van der Waals surface area (Å²) in [6, 6.07) is 5.64. The van der Waals surface area contributed by atoms with E-state index in [-0.39, 0.29) is 24.9 Å². The summed E-state index contributed by atoms with van der Waals surface area (Å²) in [5.74, 6) is -1.94. The number of carbonyl (C=O) groups is 1. The van der Waals surface area contributed by atoms with Crippen molar-refractivity contribution < 1.29 is 13.6 Å². The molecule has 25 heavy (non-hydrogen) atoms. The first-order valence-electron chi connectivity index (χ1n) is 8.09. The molecule has 0 radical (unpaired) electrons. The molecule has 2 N–H and O–H groups in total. The van der Waals surface area contributed by atoms with Crippen LogP contribution in [0.2, 0.25) is 0 Å². The van der Waals surface area contributed by atoms with E-state index in [1.165, 1.54) is 6.07 Å². The fourth-order valence-electron chi connectivity index (χ4n) is 2.72. The number of hydrogen-bond acceptors (Lipinski definition) is 3. The monoisotopic (exact) mass is 370 g/mol. The summed E-state index contributed by atoms with van der Waals surface area (Å²) in [7, 11) is 0. The van der Waals surface area contributed by atoms with Crippen LogP contribution < -0.4 is 10.6 Å². The van der Waals surface area contributed by atoms with E-state index in [1.54, 1.807) is 0 Å². The third kappa shape index (κ3) is 5.24. The summed E-state index contributed by atoms with van der Waals surface area (Å²) in [6.07, 6.45) is 1.92. The van der Waals surface area contributed by atoms with Crippen LogP contribution in [-0.4, -0.2) is 22.2 Å². The maximum atomic E-state index is 13.1. The van der Waals surface area contributed by atoms with Crippen molar-refractivity contribution in [3.05, 3.63) is 52.9 Å². The summed E-state index contributed by atoms with van der Waals surface area (Å²) in [6.45, 7) is 2.87.